The van der Waals surface area contributed by atoms with Gasteiger partial charge in [-0.25, -0.2) is 9.59 Å². The van der Waals surface area contributed by atoms with Crippen molar-refractivity contribution in [3.8, 4) is 11.3 Å². The van der Waals surface area contributed by atoms with Gasteiger partial charge in [0.1, 0.15) is 28.5 Å². The molecule has 0 spiro atoms. The monoisotopic (exact) mass is 487 g/mol. The van der Waals surface area contributed by atoms with Crippen LogP contribution in [0.5, 0.6) is 0 Å². The van der Waals surface area contributed by atoms with Gasteiger partial charge in [0.15, 0.2) is 5.76 Å². The van der Waals surface area contributed by atoms with Gasteiger partial charge in [-0.15, -0.1) is 0 Å². The maximum Gasteiger partial charge on any atom is 0.344 e. The van der Waals surface area contributed by atoms with Crippen LogP contribution in [0.4, 0.5) is 5.88 Å². The van der Waals surface area contributed by atoms with Crippen molar-refractivity contribution >= 4 is 40.4 Å². The number of nitrogens with one attached hydrogen (secondary N) is 1. The molecule has 0 atom stereocenters. The molecule has 2 heterocycles. The zero-order valence-electron chi connectivity index (χ0n) is 19.1. The van der Waals surface area contributed by atoms with Crippen molar-refractivity contribution in [1.82, 2.24) is 0 Å². The fourth-order valence-electron chi connectivity index (χ4n) is 4.21. The Kier molecular flexibility index (Phi) is 7.26. The first-order chi connectivity index (χ1) is 16.4. The highest BCUT2D eigenvalue weighted by atomic mass is 35.5. The normalized spacial score (nSPS) is 14.2. The molecule has 2 aromatic heterocycles. The Hall–Kier alpha value is -3.26. The second-order valence-corrected chi connectivity index (χ2v) is 8.49. The van der Waals surface area contributed by atoms with Crippen LogP contribution in [0.2, 0.25) is 5.02 Å². The standard InChI is InChI=1S/C25H26ClNO7/c1-3-31-24(29)19-20(25(30)32-4-2)23(27-15-8-6-5-7-9-15)34-22(19)17-13-33-18-11-10-14(26)12-16(18)21(17)28/h10-13,15,27H,3-9H2,1-2H3. The molecule has 4 rings (SSSR count). The Morgan fingerprint density at radius 1 is 1.06 bits per heavy atom. The number of hydrogen-bond acceptors (Lipinski definition) is 8. The lowest BCUT2D eigenvalue weighted by Crippen LogP contribution is -2.23. The van der Waals surface area contributed by atoms with Crippen LogP contribution >= 0.6 is 11.6 Å². The molecule has 8 nitrogen and oxygen atoms in total. The second kappa shape index (κ2) is 10.3. The summed E-state index contributed by atoms with van der Waals surface area (Å²) in [6.45, 7) is 3.48. The summed E-state index contributed by atoms with van der Waals surface area (Å²) in [4.78, 5) is 39.4. The molecule has 1 saturated carbocycles. The van der Waals surface area contributed by atoms with E-state index in [2.05, 4.69) is 5.32 Å². The van der Waals surface area contributed by atoms with Gasteiger partial charge >= 0.3 is 11.9 Å². The average Bonchev–Trinajstić information content (AvgIpc) is 3.19. The van der Waals surface area contributed by atoms with Crippen molar-refractivity contribution in [2.45, 2.75) is 52.0 Å². The van der Waals surface area contributed by atoms with Crippen molar-refractivity contribution in [2.75, 3.05) is 18.5 Å². The minimum atomic E-state index is -0.799. The maximum absolute atomic E-state index is 13.4. The zero-order chi connectivity index (χ0) is 24.2. The summed E-state index contributed by atoms with van der Waals surface area (Å²) < 4.78 is 22.1. The largest absolute Gasteiger partial charge is 0.463 e. The van der Waals surface area contributed by atoms with Gasteiger partial charge in [0.25, 0.3) is 0 Å². The Labute approximate surface area is 201 Å². The molecule has 0 radical (unpaired) electrons. The van der Waals surface area contributed by atoms with Gasteiger partial charge in [-0.2, -0.15) is 0 Å². The summed E-state index contributed by atoms with van der Waals surface area (Å²) in [6.07, 6.45) is 6.22. The zero-order valence-corrected chi connectivity index (χ0v) is 19.8. The summed E-state index contributed by atoms with van der Waals surface area (Å²) in [6, 6.07) is 4.72. The SMILES string of the molecule is CCOC(=O)c1c(NC2CCCCC2)oc(-c2coc3ccc(Cl)cc3c2=O)c1C(=O)OCC. The van der Waals surface area contributed by atoms with Gasteiger partial charge in [0.2, 0.25) is 11.3 Å². The topological polar surface area (TPSA) is 108 Å². The number of ether oxygens (including phenoxy) is 2. The minimum Gasteiger partial charge on any atom is -0.463 e. The molecule has 0 aliphatic heterocycles. The molecule has 1 aliphatic rings. The number of carbonyl (C=O) groups is 2. The number of anilines is 1. The van der Waals surface area contributed by atoms with Crippen LogP contribution in [0.25, 0.3) is 22.3 Å². The van der Waals surface area contributed by atoms with Crippen molar-refractivity contribution in [3.63, 3.8) is 0 Å². The first-order valence-electron chi connectivity index (χ1n) is 11.4. The molecule has 3 aromatic rings. The van der Waals surface area contributed by atoms with E-state index in [0.717, 1.165) is 32.1 Å². The van der Waals surface area contributed by atoms with E-state index in [4.69, 9.17) is 29.9 Å². The van der Waals surface area contributed by atoms with E-state index in [1.54, 1.807) is 26.0 Å². The molecule has 1 aliphatic carbocycles. The third kappa shape index (κ3) is 4.68. The summed E-state index contributed by atoms with van der Waals surface area (Å²) in [5, 5.41) is 3.83. The first-order valence-corrected chi connectivity index (χ1v) is 11.8. The van der Waals surface area contributed by atoms with Crippen molar-refractivity contribution in [1.29, 1.82) is 0 Å². The Balaban J connectivity index is 1.94. The third-order valence-electron chi connectivity index (χ3n) is 5.79. The first kappa shape index (κ1) is 23.9. The molecule has 0 saturated heterocycles. The highest BCUT2D eigenvalue weighted by Gasteiger charge is 2.35. The molecule has 0 amide bonds. The number of benzene rings is 1. The van der Waals surface area contributed by atoms with Gasteiger partial charge in [0.05, 0.1) is 18.6 Å². The molecule has 1 fully saturated rings. The fraction of sp³-hybridized carbons (Fsp3) is 0.400. The van der Waals surface area contributed by atoms with Gasteiger partial charge in [-0.1, -0.05) is 30.9 Å². The van der Waals surface area contributed by atoms with Crippen molar-refractivity contribution in [2.24, 2.45) is 0 Å². The van der Waals surface area contributed by atoms with Gasteiger partial charge < -0.3 is 23.6 Å². The number of halogens is 1. The fourth-order valence-corrected chi connectivity index (χ4v) is 4.38. The predicted molar refractivity (Wildman–Crippen MR) is 128 cm³/mol. The maximum atomic E-state index is 13.4. The quantitative estimate of drug-likeness (QED) is 0.416. The molecule has 0 bridgehead atoms. The van der Waals surface area contributed by atoms with Gasteiger partial charge in [-0.05, 0) is 44.9 Å². The number of esters is 2. The van der Waals surface area contributed by atoms with E-state index in [9.17, 15) is 14.4 Å². The number of hydrogen-bond donors (Lipinski definition) is 1. The molecular formula is C25H26ClNO7. The Morgan fingerprint density at radius 3 is 2.41 bits per heavy atom. The Bertz CT molecular complexity index is 1270. The Morgan fingerprint density at radius 2 is 1.74 bits per heavy atom. The lowest BCUT2D eigenvalue weighted by molar-refractivity contribution is 0.0481. The highest BCUT2D eigenvalue weighted by Crippen LogP contribution is 2.37. The van der Waals surface area contributed by atoms with Crippen LogP contribution in [-0.4, -0.2) is 31.2 Å². The minimum absolute atomic E-state index is 0.0277. The van der Waals surface area contributed by atoms with Gasteiger partial charge in [-0.3, -0.25) is 4.79 Å². The van der Waals surface area contributed by atoms with Crippen LogP contribution < -0.4 is 10.7 Å². The molecule has 9 heteroatoms. The van der Waals surface area contributed by atoms with E-state index < -0.39 is 17.4 Å². The number of furan rings is 1. The third-order valence-corrected chi connectivity index (χ3v) is 6.02. The van der Waals surface area contributed by atoms with Crippen LogP contribution in [0.1, 0.15) is 66.7 Å². The van der Waals surface area contributed by atoms with E-state index >= 15 is 0 Å². The van der Waals surface area contributed by atoms with E-state index in [-0.39, 0.29) is 53.0 Å². The number of rotatable bonds is 7. The summed E-state index contributed by atoms with van der Waals surface area (Å²) in [7, 11) is 0. The van der Waals surface area contributed by atoms with E-state index in [0.29, 0.717) is 10.6 Å². The average molecular weight is 488 g/mol. The number of carbonyl (C=O) groups excluding carboxylic acids is 2. The van der Waals surface area contributed by atoms with Crippen LogP contribution in [0.15, 0.2) is 38.1 Å². The van der Waals surface area contributed by atoms with Crippen LogP contribution in [0.3, 0.4) is 0 Å². The second-order valence-electron chi connectivity index (χ2n) is 8.05. The molecule has 34 heavy (non-hydrogen) atoms. The lowest BCUT2D eigenvalue weighted by Gasteiger charge is -2.22. The molecule has 1 aromatic carbocycles. The predicted octanol–water partition coefficient (Wildman–Crippen LogP) is 5.80. The van der Waals surface area contributed by atoms with E-state index in [1.165, 1.54) is 12.3 Å². The summed E-state index contributed by atoms with van der Waals surface area (Å²) >= 11 is 6.08. The summed E-state index contributed by atoms with van der Waals surface area (Å²) in [5.41, 5.74) is -0.421. The smallest absolute Gasteiger partial charge is 0.344 e. The van der Waals surface area contributed by atoms with Gasteiger partial charge in [0, 0.05) is 11.1 Å². The molecular weight excluding hydrogens is 462 g/mol. The van der Waals surface area contributed by atoms with Crippen LogP contribution in [-0.2, 0) is 9.47 Å². The van der Waals surface area contributed by atoms with Crippen molar-refractivity contribution in [3.05, 3.63) is 50.8 Å². The molecule has 180 valence electrons. The van der Waals surface area contributed by atoms with Crippen LogP contribution in [0, 0.1) is 0 Å². The highest BCUT2D eigenvalue weighted by molar-refractivity contribution is 6.31. The molecule has 1 N–H and O–H groups in total. The lowest BCUT2D eigenvalue weighted by atomic mass is 9.95. The van der Waals surface area contributed by atoms with E-state index in [1.807, 2.05) is 0 Å². The summed E-state index contributed by atoms with van der Waals surface area (Å²) in [5.74, 6) is -1.58. The van der Waals surface area contributed by atoms with Crippen molar-refractivity contribution < 1.29 is 27.9 Å². The molecule has 0 unspecified atom stereocenters. The number of fused-ring (bicyclic) bond motifs is 1.